The lowest BCUT2D eigenvalue weighted by Gasteiger charge is -2.39. The van der Waals surface area contributed by atoms with Gasteiger partial charge in [-0.15, -0.1) is 0 Å². The largest absolute Gasteiger partial charge is 0.394 e. The van der Waals surface area contributed by atoms with Crippen LogP contribution < -0.4 is 0 Å². The smallest absolute Gasteiger partial charge is 0.257 e. The number of amides is 1. The van der Waals surface area contributed by atoms with Gasteiger partial charge in [0.25, 0.3) is 5.91 Å². The number of β-amino-alcohol motifs (C(OH)–C–C–N with tert-alkyl or cyclic N) is 1. The van der Waals surface area contributed by atoms with Crippen molar-refractivity contribution in [3.8, 4) is 0 Å². The predicted molar refractivity (Wildman–Crippen MR) is 157 cm³/mol. The van der Waals surface area contributed by atoms with Crippen molar-refractivity contribution in [2.45, 2.75) is 31.2 Å². The fourth-order valence-electron chi connectivity index (χ4n) is 5.74. The van der Waals surface area contributed by atoms with Crippen molar-refractivity contribution in [3.63, 3.8) is 0 Å². The zero-order valence-corrected chi connectivity index (χ0v) is 25.1. The fourth-order valence-corrected chi connectivity index (χ4v) is 5.97. The number of piperazine rings is 1. The molecule has 1 unspecified atom stereocenters. The van der Waals surface area contributed by atoms with Crippen LogP contribution >= 0.6 is 23.2 Å². The first-order valence-electron chi connectivity index (χ1n) is 13.9. The van der Waals surface area contributed by atoms with Crippen LogP contribution in [0.3, 0.4) is 0 Å². The third-order valence-electron chi connectivity index (χ3n) is 8.10. The fraction of sp³-hybridized carbons (Fsp3) is 0.433. The van der Waals surface area contributed by atoms with Gasteiger partial charge in [-0.05, 0) is 43.3 Å². The average molecular weight is 619 g/mol. The maximum Gasteiger partial charge on any atom is 0.257 e. The number of rotatable bonds is 10. The third kappa shape index (κ3) is 5.77. The predicted octanol–water partition coefficient (Wildman–Crippen LogP) is 3.63. The first-order chi connectivity index (χ1) is 20.1. The summed E-state index contributed by atoms with van der Waals surface area (Å²) in [5.74, 6) is -0.990. The van der Waals surface area contributed by atoms with Crippen molar-refractivity contribution in [2.75, 3.05) is 53.0 Å². The SMILES string of the molecule is CCC(O)(CN1CCN(C)CC1)c1cc(F)c2c(c1)C(=O)N(Cc1ncc(Cl)cn1)[C@@]2(OCCO)c1ccc(Cl)cc1. The van der Waals surface area contributed by atoms with Crippen molar-refractivity contribution in [2.24, 2.45) is 0 Å². The number of halogens is 3. The number of aromatic nitrogens is 2. The number of likely N-dealkylation sites (N-methyl/N-ethyl adjacent to an activating group) is 1. The van der Waals surface area contributed by atoms with Gasteiger partial charge in [-0.1, -0.05) is 42.3 Å². The summed E-state index contributed by atoms with van der Waals surface area (Å²) in [7, 11) is 2.05. The van der Waals surface area contributed by atoms with Gasteiger partial charge in [0, 0.05) is 55.7 Å². The van der Waals surface area contributed by atoms with E-state index in [9.17, 15) is 15.0 Å². The van der Waals surface area contributed by atoms with E-state index in [0.29, 0.717) is 34.1 Å². The molecule has 1 aromatic heterocycles. The zero-order chi connectivity index (χ0) is 30.1. The molecule has 3 heterocycles. The maximum absolute atomic E-state index is 16.5. The molecule has 224 valence electrons. The Hall–Kier alpha value is -2.70. The minimum atomic E-state index is -1.77. The Morgan fingerprint density at radius 1 is 1.07 bits per heavy atom. The van der Waals surface area contributed by atoms with Crippen molar-refractivity contribution in [3.05, 3.63) is 92.7 Å². The summed E-state index contributed by atoms with van der Waals surface area (Å²) in [6, 6.07) is 9.41. The lowest BCUT2D eigenvalue weighted by atomic mass is 9.85. The van der Waals surface area contributed by atoms with Crippen molar-refractivity contribution < 1.29 is 24.1 Å². The lowest BCUT2D eigenvalue weighted by molar-refractivity contribution is -0.121. The van der Waals surface area contributed by atoms with Crippen LogP contribution in [-0.2, 0) is 22.6 Å². The Morgan fingerprint density at radius 3 is 2.36 bits per heavy atom. The average Bonchev–Trinajstić information content (AvgIpc) is 3.22. The number of hydrogen-bond acceptors (Lipinski definition) is 8. The van der Waals surface area contributed by atoms with Gasteiger partial charge < -0.3 is 19.8 Å². The maximum atomic E-state index is 16.5. The minimum absolute atomic E-state index is 0.0148. The molecule has 2 aliphatic rings. The summed E-state index contributed by atoms with van der Waals surface area (Å²) < 4.78 is 22.8. The monoisotopic (exact) mass is 617 g/mol. The second-order valence-electron chi connectivity index (χ2n) is 10.8. The highest BCUT2D eigenvalue weighted by atomic mass is 35.5. The van der Waals surface area contributed by atoms with E-state index in [2.05, 4.69) is 26.8 Å². The molecule has 42 heavy (non-hydrogen) atoms. The van der Waals surface area contributed by atoms with Gasteiger partial charge in [-0.2, -0.15) is 0 Å². The molecule has 5 rings (SSSR count). The topological polar surface area (TPSA) is 102 Å². The van der Waals surface area contributed by atoms with Crippen LogP contribution in [0.5, 0.6) is 0 Å². The van der Waals surface area contributed by atoms with E-state index in [1.807, 2.05) is 6.92 Å². The molecule has 1 saturated heterocycles. The number of benzene rings is 2. The third-order valence-corrected chi connectivity index (χ3v) is 8.55. The van der Waals surface area contributed by atoms with Gasteiger partial charge in [0.1, 0.15) is 17.2 Å². The number of nitrogens with zero attached hydrogens (tertiary/aromatic N) is 5. The molecule has 1 amide bonds. The van der Waals surface area contributed by atoms with E-state index in [4.69, 9.17) is 27.9 Å². The molecule has 2 aliphatic heterocycles. The molecular formula is C30H34Cl2FN5O4. The molecule has 0 radical (unpaired) electrons. The Balaban J connectivity index is 1.65. The second kappa shape index (κ2) is 12.5. The Kier molecular flexibility index (Phi) is 9.15. The highest BCUT2D eigenvalue weighted by Gasteiger charge is 2.55. The van der Waals surface area contributed by atoms with Gasteiger partial charge in [-0.25, -0.2) is 14.4 Å². The summed E-state index contributed by atoms with van der Waals surface area (Å²) in [6.07, 6.45) is 3.14. The Bertz CT molecular complexity index is 1420. The molecule has 9 nitrogen and oxygen atoms in total. The highest BCUT2D eigenvalue weighted by Crippen LogP contribution is 2.48. The highest BCUT2D eigenvalue weighted by molar-refractivity contribution is 6.30. The van der Waals surface area contributed by atoms with Crippen LogP contribution in [0.2, 0.25) is 10.0 Å². The first kappa shape index (κ1) is 30.7. The minimum Gasteiger partial charge on any atom is -0.394 e. The summed E-state index contributed by atoms with van der Waals surface area (Å²) >= 11 is 12.2. The van der Waals surface area contributed by atoms with Crippen LogP contribution in [-0.4, -0.2) is 93.8 Å². The van der Waals surface area contributed by atoms with Crippen LogP contribution in [0.15, 0.2) is 48.8 Å². The normalized spacial score (nSPS) is 21.0. The molecule has 0 spiro atoms. The number of aliphatic hydroxyl groups excluding tert-OH is 1. The summed E-state index contributed by atoms with van der Waals surface area (Å²) in [6.45, 7) is 4.71. The molecule has 2 aromatic carbocycles. The second-order valence-corrected chi connectivity index (χ2v) is 11.6. The number of carbonyl (C=O) groups excluding carboxylic acids is 1. The molecular weight excluding hydrogens is 584 g/mol. The number of aliphatic hydroxyl groups is 2. The molecule has 12 heteroatoms. The summed E-state index contributed by atoms with van der Waals surface area (Å²) in [5.41, 5.74) is -2.39. The molecule has 2 N–H and O–H groups in total. The van der Waals surface area contributed by atoms with Crippen LogP contribution in [0.1, 0.15) is 46.2 Å². The Morgan fingerprint density at radius 2 is 1.74 bits per heavy atom. The van der Waals surface area contributed by atoms with Crippen LogP contribution in [0.4, 0.5) is 4.39 Å². The molecule has 1 fully saturated rings. The zero-order valence-electron chi connectivity index (χ0n) is 23.6. The van der Waals surface area contributed by atoms with Crippen molar-refractivity contribution >= 4 is 29.1 Å². The van der Waals surface area contributed by atoms with E-state index in [1.54, 1.807) is 30.3 Å². The van der Waals surface area contributed by atoms with E-state index >= 15 is 4.39 Å². The standard InChI is InChI=1S/C30H34Cl2FN5O4/c1-3-29(41,19-37-10-8-36(2)9-11-37)21-14-24-27(25(33)15-21)30(42-13-12-39,20-4-6-22(31)7-5-20)38(28(24)40)18-26-34-16-23(32)17-35-26/h4-7,14-17,39,41H,3,8-13,18-19H2,1-2H3/t29?,30-/m1/s1. The number of fused-ring (bicyclic) bond motifs is 1. The van der Waals surface area contributed by atoms with Crippen molar-refractivity contribution in [1.82, 2.24) is 24.7 Å². The van der Waals surface area contributed by atoms with Crippen LogP contribution in [0, 0.1) is 5.82 Å². The first-order valence-corrected chi connectivity index (χ1v) is 14.6. The Labute approximate surface area is 254 Å². The van der Waals surface area contributed by atoms with Gasteiger partial charge >= 0.3 is 0 Å². The van der Waals surface area contributed by atoms with E-state index in [1.165, 1.54) is 23.4 Å². The van der Waals surface area contributed by atoms with Gasteiger partial charge in [0.2, 0.25) is 0 Å². The number of ether oxygens (including phenoxy) is 1. The van der Waals surface area contributed by atoms with E-state index in [-0.39, 0.29) is 36.7 Å². The quantitative estimate of drug-likeness (QED) is 0.356. The molecule has 2 atom stereocenters. The summed E-state index contributed by atoms with van der Waals surface area (Å²) in [4.78, 5) is 28.5. The molecule has 3 aromatic rings. The van der Waals surface area contributed by atoms with Gasteiger partial charge in [0.15, 0.2) is 5.72 Å². The summed E-state index contributed by atoms with van der Waals surface area (Å²) in [5, 5.41) is 22.4. The lowest BCUT2D eigenvalue weighted by Crippen LogP contribution is -2.50. The number of carbonyl (C=O) groups is 1. The molecule has 0 saturated carbocycles. The van der Waals surface area contributed by atoms with E-state index in [0.717, 1.165) is 26.2 Å². The van der Waals surface area contributed by atoms with Crippen LogP contribution in [0.25, 0.3) is 0 Å². The van der Waals surface area contributed by atoms with E-state index < -0.39 is 23.1 Å². The van der Waals surface area contributed by atoms with Gasteiger partial charge in [-0.3, -0.25) is 14.6 Å². The molecule has 0 aliphatic carbocycles. The van der Waals surface area contributed by atoms with Crippen molar-refractivity contribution in [1.29, 1.82) is 0 Å². The number of hydrogen-bond donors (Lipinski definition) is 2. The van der Waals surface area contributed by atoms with Gasteiger partial charge in [0.05, 0.1) is 35.9 Å². The molecule has 0 bridgehead atoms.